The zero-order valence-electron chi connectivity index (χ0n) is 16.5. The second kappa shape index (κ2) is 8.47. The summed E-state index contributed by atoms with van der Waals surface area (Å²) in [4.78, 5) is 26.0. The third-order valence-corrected chi connectivity index (χ3v) is 7.03. The molecule has 2 aliphatic rings. The SMILES string of the molecule is COC(=O)c1ccc2c(c1)S(=O)(=O)CO2.NC(N)=NC(=O)c1ccc2c(c1)S(=O)(=O)CO2. The Morgan fingerprint density at radius 2 is 1.34 bits per heavy atom. The van der Waals surface area contributed by atoms with Crippen molar-refractivity contribution in [2.45, 2.75) is 9.79 Å². The number of esters is 1. The number of carbonyl (C=O) groups excluding carboxylic acids is 2. The van der Waals surface area contributed by atoms with Crippen LogP contribution >= 0.6 is 0 Å². The van der Waals surface area contributed by atoms with Gasteiger partial charge >= 0.3 is 5.97 Å². The Morgan fingerprint density at radius 1 is 0.875 bits per heavy atom. The molecule has 0 radical (unpaired) electrons. The maximum atomic E-state index is 11.5. The molecule has 0 unspecified atom stereocenters. The molecule has 0 bridgehead atoms. The number of benzene rings is 2. The maximum Gasteiger partial charge on any atom is 0.337 e. The van der Waals surface area contributed by atoms with E-state index in [1.165, 1.54) is 43.5 Å². The van der Waals surface area contributed by atoms with E-state index in [0.29, 0.717) is 0 Å². The van der Waals surface area contributed by atoms with Gasteiger partial charge in [0.1, 0.15) is 21.3 Å². The Morgan fingerprint density at radius 3 is 1.81 bits per heavy atom. The number of methoxy groups -OCH3 is 1. The highest BCUT2D eigenvalue weighted by Gasteiger charge is 2.30. The molecule has 0 saturated heterocycles. The lowest BCUT2D eigenvalue weighted by atomic mass is 10.2. The first kappa shape index (κ1) is 23.0. The monoisotopic (exact) mass is 483 g/mol. The molecule has 14 heteroatoms. The van der Waals surface area contributed by atoms with Crippen molar-refractivity contribution in [1.29, 1.82) is 0 Å². The summed E-state index contributed by atoms with van der Waals surface area (Å²) < 4.78 is 60.3. The van der Waals surface area contributed by atoms with Crippen molar-refractivity contribution < 1.29 is 40.6 Å². The standard InChI is InChI=1S/C9H9N3O4S.C9H8O5S/c10-9(11)12-8(13)5-1-2-6-7(3-5)17(14,15)4-16-6;1-13-9(10)6-2-3-7-8(4-6)15(11,12)5-14-7/h1-3H,4H2,(H4,10,11,12,13);2-4H,5H2,1H3. The number of sulfone groups is 2. The molecule has 2 heterocycles. The normalized spacial score (nSPS) is 16.2. The largest absolute Gasteiger partial charge is 0.476 e. The van der Waals surface area contributed by atoms with Gasteiger partial charge in [-0.1, -0.05) is 0 Å². The summed E-state index contributed by atoms with van der Waals surface area (Å²) >= 11 is 0. The lowest BCUT2D eigenvalue weighted by molar-refractivity contribution is 0.0600. The van der Waals surface area contributed by atoms with Crippen LogP contribution in [0.15, 0.2) is 51.2 Å². The number of nitrogens with zero attached hydrogens (tertiary/aromatic N) is 1. The Hall–Kier alpha value is -3.65. The summed E-state index contributed by atoms with van der Waals surface area (Å²) in [6, 6.07) is 8.18. The second-order valence-corrected chi connectivity index (χ2v) is 10.2. The highest BCUT2D eigenvalue weighted by atomic mass is 32.2. The number of hydrogen-bond acceptors (Lipinski definition) is 9. The number of carbonyl (C=O) groups is 2. The fourth-order valence-corrected chi connectivity index (χ4v) is 5.01. The maximum absolute atomic E-state index is 11.5. The van der Waals surface area contributed by atoms with Gasteiger partial charge in [-0.05, 0) is 36.4 Å². The first-order valence-corrected chi connectivity index (χ1v) is 12.0. The van der Waals surface area contributed by atoms with Gasteiger partial charge in [-0.15, -0.1) is 0 Å². The van der Waals surface area contributed by atoms with E-state index in [2.05, 4.69) is 9.73 Å². The zero-order chi connectivity index (χ0) is 23.7. The predicted octanol–water partition coefficient (Wildman–Crippen LogP) is -0.179. The number of ether oxygens (including phenoxy) is 3. The second-order valence-electron chi connectivity index (χ2n) is 6.41. The summed E-state index contributed by atoms with van der Waals surface area (Å²) in [5.74, 6) is -1.92. The number of aliphatic imine (C=N–C) groups is 1. The van der Waals surface area contributed by atoms with E-state index < -0.39 is 37.5 Å². The van der Waals surface area contributed by atoms with Crippen LogP contribution < -0.4 is 20.9 Å². The third kappa shape index (κ3) is 4.65. The highest BCUT2D eigenvalue weighted by molar-refractivity contribution is 7.91. The van der Waals surface area contributed by atoms with Gasteiger partial charge in [-0.2, -0.15) is 4.99 Å². The number of hydrogen-bond donors (Lipinski definition) is 2. The van der Waals surface area contributed by atoms with Crippen molar-refractivity contribution in [3.8, 4) is 11.5 Å². The topological polar surface area (TPSA) is 195 Å². The molecule has 0 fully saturated rings. The van der Waals surface area contributed by atoms with Crippen molar-refractivity contribution in [1.82, 2.24) is 0 Å². The van der Waals surface area contributed by atoms with Crippen molar-refractivity contribution in [3.63, 3.8) is 0 Å². The molecule has 0 atom stereocenters. The first-order valence-electron chi connectivity index (χ1n) is 8.66. The van der Waals surface area contributed by atoms with E-state index in [0.717, 1.165) is 0 Å². The number of nitrogens with two attached hydrogens (primary N) is 2. The van der Waals surface area contributed by atoms with Gasteiger partial charge < -0.3 is 25.7 Å². The Labute approximate surface area is 182 Å². The Bertz CT molecular complexity index is 1350. The molecule has 32 heavy (non-hydrogen) atoms. The molecule has 4 N–H and O–H groups in total. The van der Waals surface area contributed by atoms with Gasteiger partial charge in [0.05, 0.1) is 12.7 Å². The average molecular weight is 483 g/mol. The van der Waals surface area contributed by atoms with Gasteiger partial charge in [0, 0.05) is 5.56 Å². The zero-order valence-corrected chi connectivity index (χ0v) is 18.1. The van der Waals surface area contributed by atoms with Gasteiger partial charge in [0.15, 0.2) is 17.8 Å². The minimum Gasteiger partial charge on any atom is -0.476 e. The number of guanidine groups is 1. The third-order valence-electron chi connectivity index (χ3n) is 4.20. The Balaban J connectivity index is 0.000000182. The molecule has 0 spiro atoms. The minimum atomic E-state index is -3.48. The molecule has 170 valence electrons. The van der Waals surface area contributed by atoms with Crippen LogP contribution in [0.1, 0.15) is 20.7 Å². The lowest BCUT2D eigenvalue weighted by Crippen LogP contribution is -2.24. The van der Waals surface area contributed by atoms with Crippen LogP contribution in [0, 0.1) is 0 Å². The Kier molecular flexibility index (Phi) is 6.09. The number of amides is 1. The summed E-state index contributed by atoms with van der Waals surface area (Å²) in [5.41, 5.74) is 10.4. The van der Waals surface area contributed by atoms with Gasteiger partial charge in [-0.3, -0.25) is 4.79 Å². The molecule has 2 aromatic rings. The fraction of sp³-hybridized carbons (Fsp3) is 0.167. The number of rotatable bonds is 2. The van der Waals surface area contributed by atoms with E-state index >= 15 is 0 Å². The molecule has 2 aromatic carbocycles. The van der Waals surface area contributed by atoms with E-state index in [1.807, 2.05) is 0 Å². The quantitative estimate of drug-likeness (QED) is 0.327. The molecule has 4 rings (SSSR count). The van der Waals surface area contributed by atoms with Crippen LogP contribution in [0.5, 0.6) is 11.5 Å². The van der Waals surface area contributed by atoms with Crippen molar-refractivity contribution >= 4 is 37.5 Å². The van der Waals surface area contributed by atoms with Crippen LogP contribution in [0.2, 0.25) is 0 Å². The first-order chi connectivity index (χ1) is 14.9. The smallest absolute Gasteiger partial charge is 0.337 e. The van der Waals surface area contributed by atoms with Gasteiger partial charge in [-0.25, -0.2) is 21.6 Å². The summed E-state index contributed by atoms with van der Waals surface area (Å²) in [6.07, 6.45) is 0. The molecule has 0 saturated carbocycles. The molecule has 12 nitrogen and oxygen atoms in total. The summed E-state index contributed by atoms with van der Waals surface area (Å²) in [7, 11) is -5.64. The molecule has 1 amide bonds. The summed E-state index contributed by atoms with van der Waals surface area (Å²) in [5, 5.41) is 0. The van der Waals surface area contributed by atoms with E-state index in [4.69, 9.17) is 20.9 Å². The average Bonchev–Trinajstić information content (AvgIpc) is 3.22. The van der Waals surface area contributed by atoms with Gasteiger partial charge in [0.25, 0.3) is 5.91 Å². The number of fused-ring (bicyclic) bond motifs is 2. The molecule has 0 aliphatic carbocycles. The van der Waals surface area contributed by atoms with Crippen LogP contribution in [0.3, 0.4) is 0 Å². The summed E-state index contributed by atoms with van der Waals surface area (Å²) in [6.45, 7) is 0. The molecule has 2 aliphatic heterocycles. The van der Waals surface area contributed by atoms with Gasteiger partial charge in [0.2, 0.25) is 19.7 Å². The van der Waals surface area contributed by atoms with E-state index in [9.17, 15) is 26.4 Å². The lowest BCUT2D eigenvalue weighted by Gasteiger charge is -2.00. The molecular formula is C18H17N3O9S2. The van der Waals surface area contributed by atoms with E-state index in [1.54, 1.807) is 0 Å². The van der Waals surface area contributed by atoms with Crippen molar-refractivity contribution in [2.75, 3.05) is 19.0 Å². The minimum absolute atomic E-state index is 0.0193. The van der Waals surface area contributed by atoms with Crippen LogP contribution in [-0.2, 0) is 24.4 Å². The van der Waals surface area contributed by atoms with Crippen LogP contribution in [-0.4, -0.2) is 53.7 Å². The molecule has 0 aromatic heterocycles. The van der Waals surface area contributed by atoms with Crippen molar-refractivity contribution in [3.05, 3.63) is 47.5 Å². The fourth-order valence-electron chi connectivity index (χ4n) is 2.71. The van der Waals surface area contributed by atoms with E-state index in [-0.39, 0.29) is 44.3 Å². The predicted molar refractivity (Wildman–Crippen MR) is 110 cm³/mol. The molecular weight excluding hydrogens is 466 g/mol. The van der Waals surface area contributed by atoms with Crippen molar-refractivity contribution in [2.24, 2.45) is 16.5 Å². The van der Waals surface area contributed by atoms with Crippen LogP contribution in [0.25, 0.3) is 0 Å². The van der Waals surface area contributed by atoms with Crippen LogP contribution in [0.4, 0.5) is 0 Å². The highest BCUT2D eigenvalue weighted by Crippen LogP contribution is 2.33.